The number of hydrogen-bond acceptors (Lipinski definition) is 7. The summed E-state index contributed by atoms with van der Waals surface area (Å²) in [6.07, 6.45) is 3.38. The van der Waals surface area contributed by atoms with E-state index in [0.717, 1.165) is 16.1 Å². The smallest absolute Gasteiger partial charge is 0.338 e. The number of hydrogen-bond donors (Lipinski definition) is 0. The molecule has 0 amide bonds. The van der Waals surface area contributed by atoms with Gasteiger partial charge in [0.15, 0.2) is 4.80 Å². The maximum Gasteiger partial charge on any atom is 0.338 e. The van der Waals surface area contributed by atoms with Crippen molar-refractivity contribution in [2.75, 3.05) is 25.6 Å². The molecule has 0 N–H and O–H groups in total. The van der Waals surface area contributed by atoms with Crippen molar-refractivity contribution >= 4 is 40.4 Å². The predicted molar refractivity (Wildman–Crippen MR) is 130 cm³/mol. The van der Waals surface area contributed by atoms with E-state index in [0.29, 0.717) is 20.6 Å². The zero-order chi connectivity index (χ0) is 22.8. The molecular weight excluding hydrogens is 442 g/mol. The quantitative estimate of drug-likeness (QED) is 0.415. The number of thiophene rings is 1. The Morgan fingerprint density at radius 3 is 2.66 bits per heavy atom. The second kappa shape index (κ2) is 9.10. The average molecular weight is 466 g/mol. The SMILES string of the molecule is C=CCOC(=O)C1=C(C)N=c2s/c(=C\c3ccc(N(C)C)cc3)c(=O)n2[C@H]1c1cccs1. The Hall–Kier alpha value is -3.23. The summed E-state index contributed by atoms with van der Waals surface area (Å²) < 4.78 is 7.49. The summed E-state index contributed by atoms with van der Waals surface area (Å²) in [5, 5.41) is 1.93. The number of thiazole rings is 1. The minimum absolute atomic E-state index is 0.0974. The Morgan fingerprint density at radius 2 is 2.03 bits per heavy atom. The number of rotatable bonds is 6. The summed E-state index contributed by atoms with van der Waals surface area (Å²) in [6.45, 7) is 5.48. The van der Waals surface area contributed by atoms with Crippen molar-refractivity contribution in [2.24, 2.45) is 4.99 Å². The first kappa shape index (κ1) is 22.0. The van der Waals surface area contributed by atoms with Gasteiger partial charge in [0.05, 0.1) is 15.8 Å². The zero-order valence-corrected chi connectivity index (χ0v) is 19.7. The maximum absolute atomic E-state index is 13.5. The Labute approximate surface area is 193 Å². The van der Waals surface area contributed by atoms with Gasteiger partial charge in [-0.05, 0) is 42.1 Å². The van der Waals surface area contributed by atoms with E-state index in [2.05, 4.69) is 11.6 Å². The van der Waals surface area contributed by atoms with E-state index in [1.807, 2.05) is 66.8 Å². The normalized spacial score (nSPS) is 15.8. The molecule has 3 heterocycles. The van der Waals surface area contributed by atoms with E-state index in [4.69, 9.17) is 4.74 Å². The number of carbonyl (C=O) groups excluding carboxylic acids is 1. The molecule has 0 saturated heterocycles. The molecule has 0 aliphatic carbocycles. The lowest BCUT2D eigenvalue weighted by atomic mass is 10.0. The molecule has 0 radical (unpaired) electrons. The summed E-state index contributed by atoms with van der Waals surface area (Å²) in [5.74, 6) is -0.488. The molecule has 0 saturated carbocycles. The second-order valence-electron chi connectivity index (χ2n) is 7.47. The molecule has 1 atom stereocenters. The van der Waals surface area contributed by atoms with Crippen molar-refractivity contribution in [1.82, 2.24) is 4.57 Å². The highest BCUT2D eigenvalue weighted by atomic mass is 32.1. The third kappa shape index (κ3) is 4.11. The van der Waals surface area contributed by atoms with E-state index in [9.17, 15) is 9.59 Å². The lowest BCUT2D eigenvalue weighted by molar-refractivity contribution is -0.138. The van der Waals surface area contributed by atoms with Crippen molar-refractivity contribution in [3.63, 3.8) is 0 Å². The number of ether oxygens (including phenoxy) is 1. The minimum atomic E-state index is -0.568. The zero-order valence-electron chi connectivity index (χ0n) is 18.1. The molecule has 1 aliphatic rings. The van der Waals surface area contributed by atoms with Gasteiger partial charge in [-0.1, -0.05) is 42.2 Å². The van der Waals surface area contributed by atoms with Crippen LogP contribution < -0.4 is 19.8 Å². The van der Waals surface area contributed by atoms with Crippen LogP contribution in [0.25, 0.3) is 6.08 Å². The van der Waals surface area contributed by atoms with E-state index < -0.39 is 12.0 Å². The van der Waals surface area contributed by atoms with Crippen molar-refractivity contribution in [2.45, 2.75) is 13.0 Å². The van der Waals surface area contributed by atoms with Crippen LogP contribution in [0, 0.1) is 0 Å². The molecule has 32 heavy (non-hydrogen) atoms. The number of aromatic nitrogens is 1. The van der Waals surface area contributed by atoms with Crippen LogP contribution in [-0.4, -0.2) is 31.2 Å². The lowest BCUT2D eigenvalue weighted by Crippen LogP contribution is -2.39. The topological polar surface area (TPSA) is 63.9 Å². The molecule has 1 aliphatic heterocycles. The Kier molecular flexibility index (Phi) is 6.25. The van der Waals surface area contributed by atoms with Gasteiger partial charge in [0.2, 0.25) is 0 Å². The number of anilines is 1. The van der Waals surface area contributed by atoms with Gasteiger partial charge in [-0.3, -0.25) is 9.36 Å². The van der Waals surface area contributed by atoms with Crippen molar-refractivity contribution < 1.29 is 9.53 Å². The summed E-state index contributed by atoms with van der Waals surface area (Å²) in [7, 11) is 3.97. The Bertz CT molecular complexity index is 1360. The standard InChI is InChI=1S/C24H23N3O3S2/c1-5-12-30-23(29)20-15(2)25-24-27(21(20)18-7-6-13-31-18)22(28)19(32-24)14-16-8-10-17(11-9-16)26(3)4/h5-11,13-14,21H,1,12H2,2-4H3/b19-14-/t21-/m0/s1. The van der Waals surface area contributed by atoms with Gasteiger partial charge in [-0.2, -0.15) is 0 Å². The predicted octanol–water partition coefficient (Wildman–Crippen LogP) is 3.09. The number of benzene rings is 1. The summed E-state index contributed by atoms with van der Waals surface area (Å²) in [4.78, 5) is 34.4. The number of carbonyl (C=O) groups is 1. The van der Waals surface area contributed by atoms with Gasteiger partial charge in [-0.15, -0.1) is 11.3 Å². The van der Waals surface area contributed by atoms with Crippen LogP contribution in [-0.2, 0) is 9.53 Å². The fourth-order valence-corrected chi connectivity index (χ4v) is 5.40. The molecule has 8 heteroatoms. The second-order valence-corrected chi connectivity index (χ2v) is 9.46. The van der Waals surface area contributed by atoms with Crippen LogP contribution in [0.3, 0.4) is 0 Å². The van der Waals surface area contributed by atoms with Crippen molar-refractivity contribution in [3.8, 4) is 0 Å². The molecule has 164 valence electrons. The number of fused-ring (bicyclic) bond motifs is 1. The molecule has 1 aromatic carbocycles. The maximum atomic E-state index is 13.5. The van der Waals surface area contributed by atoms with Crippen LogP contribution in [0.15, 0.2) is 75.5 Å². The highest BCUT2D eigenvalue weighted by Crippen LogP contribution is 2.33. The van der Waals surface area contributed by atoms with Gasteiger partial charge in [0, 0.05) is 24.7 Å². The molecule has 4 rings (SSSR count). The van der Waals surface area contributed by atoms with Crippen LogP contribution in [0.5, 0.6) is 0 Å². The van der Waals surface area contributed by atoms with E-state index >= 15 is 0 Å². The minimum Gasteiger partial charge on any atom is -0.458 e. The number of esters is 1. The molecule has 0 unspecified atom stereocenters. The van der Waals surface area contributed by atoms with Crippen molar-refractivity contribution in [3.05, 3.63) is 95.8 Å². The summed E-state index contributed by atoms with van der Waals surface area (Å²) in [6, 6.07) is 11.2. The highest BCUT2D eigenvalue weighted by molar-refractivity contribution is 7.10. The van der Waals surface area contributed by atoms with Crippen LogP contribution in [0.1, 0.15) is 23.4 Å². The first-order valence-corrected chi connectivity index (χ1v) is 11.7. The van der Waals surface area contributed by atoms with Crippen LogP contribution >= 0.6 is 22.7 Å². The third-order valence-corrected chi connectivity index (χ3v) is 7.00. The van der Waals surface area contributed by atoms with Gasteiger partial charge in [0.25, 0.3) is 5.56 Å². The largest absolute Gasteiger partial charge is 0.458 e. The molecule has 0 spiro atoms. The Morgan fingerprint density at radius 1 is 1.28 bits per heavy atom. The van der Waals surface area contributed by atoms with E-state index in [1.165, 1.54) is 28.7 Å². The monoisotopic (exact) mass is 465 g/mol. The molecular formula is C24H23N3O3S2. The summed E-state index contributed by atoms with van der Waals surface area (Å²) in [5.41, 5.74) is 2.77. The highest BCUT2D eigenvalue weighted by Gasteiger charge is 2.33. The van der Waals surface area contributed by atoms with Gasteiger partial charge < -0.3 is 9.64 Å². The number of nitrogens with zero attached hydrogens (tertiary/aromatic N) is 3. The molecule has 0 bridgehead atoms. The van der Waals surface area contributed by atoms with Gasteiger partial charge in [0.1, 0.15) is 12.6 Å². The van der Waals surface area contributed by atoms with Gasteiger partial charge >= 0.3 is 5.97 Å². The molecule has 3 aromatic rings. The van der Waals surface area contributed by atoms with Crippen LogP contribution in [0.2, 0.25) is 0 Å². The molecule has 0 fully saturated rings. The van der Waals surface area contributed by atoms with E-state index in [-0.39, 0.29) is 12.2 Å². The Balaban J connectivity index is 1.85. The fourth-order valence-electron chi connectivity index (χ4n) is 3.53. The lowest BCUT2D eigenvalue weighted by Gasteiger charge is -2.23. The average Bonchev–Trinajstić information content (AvgIpc) is 3.40. The third-order valence-electron chi connectivity index (χ3n) is 5.09. The molecule has 6 nitrogen and oxygen atoms in total. The number of allylic oxidation sites excluding steroid dienone is 1. The van der Waals surface area contributed by atoms with E-state index in [1.54, 1.807) is 11.5 Å². The first-order chi connectivity index (χ1) is 15.4. The fraction of sp³-hybridized carbons (Fsp3) is 0.208. The van der Waals surface area contributed by atoms with Crippen molar-refractivity contribution in [1.29, 1.82) is 0 Å². The van der Waals surface area contributed by atoms with Crippen LogP contribution in [0.4, 0.5) is 5.69 Å². The van der Waals surface area contributed by atoms with Gasteiger partial charge in [-0.25, -0.2) is 9.79 Å². The molecule has 2 aromatic heterocycles. The first-order valence-electron chi connectivity index (χ1n) is 10.0. The summed E-state index contributed by atoms with van der Waals surface area (Å²) >= 11 is 2.82.